The van der Waals surface area contributed by atoms with Crippen LogP contribution in [0.2, 0.25) is 0 Å². The Hall–Kier alpha value is -2.44. The molecule has 2 heterocycles. The van der Waals surface area contributed by atoms with Crippen LogP contribution in [-0.2, 0) is 16.1 Å². The van der Waals surface area contributed by atoms with E-state index in [4.69, 9.17) is 5.11 Å². The van der Waals surface area contributed by atoms with Gasteiger partial charge in [0.25, 0.3) is 0 Å². The van der Waals surface area contributed by atoms with Crippen LogP contribution in [0, 0.1) is 6.92 Å². The molecule has 0 unspecified atom stereocenters. The predicted octanol–water partition coefficient (Wildman–Crippen LogP) is 0.611. The molecule has 0 amide bonds. The number of aromatic nitrogens is 3. The number of hydrogen-bond donors (Lipinski definition) is 1. The highest BCUT2D eigenvalue weighted by Crippen LogP contribution is 2.18. The standard InChI is InChI=1S/C11H11N3O4/c1-6-12-9(11(17)18-2)7-3-4-14(5-8(15)16)10(7)13-6/h3-4H,5H2,1-2H3,(H,15,16). The van der Waals surface area contributed by atoms with Gasteiger partial charge in [0.05, 0.1) is 12.5 Å². The highest BCUT2D eigenvalue weighted by molar-refractivity contribution is 6.01. The van der Waals surface area contributed by atoms with Gasteiger partial charge in [-0.25, -0.2) is 14.8 Å². The van der Waals surface area contributed by atoms with Gasteiger partial charge in [0.2, 0.25) is 0 Å². The van der Waals surface area contributed by atoms with Crippen molar-refractivity contribution in [2.45, 2.75) is 13.5 Å². The van der Waals surface area contributed by atoms with Gasteiger partial charge in [0.15, 0.2) is 5.69 Å². The first kappa shape index (κ1) is 12.0. The fraction of sp³-hybridized carbons (Fsp3) is 0.273. The van der Waals surface area contributed by atoms with Crippen molar-refractivity contribution in [3.05, 3.63) is 23.8 Å². The van der Waals surface area contributed by atoms with Crippen LogP contribution in [0.5, 0.6) is 0 Å². The number of methoxy groups -OCH3 is 1. The minimum atomic E-state index is -0.983. The average Bonchev–Trinajstić information content (AvgIpc) is 2.69. The monoisotopic (exact) mass is 249 g/mol. The molecule has 1 N–H and O–H groups in total. The summed E-state index contributed by atoms with van der Waals surface area (Å²) < 4.78 is 6.08. The summed E-state index contributed by atoms with van der Waals surface area (Å²) in [7, 11) is 1.26. The Balaban J connectivity index is 2.64. The van der Waals surface area contributed by atoms with Crippen molar-refractivity contribution in [2.75, 3.05) is 7.11 Å². The summed E-state index contributed by atoms with van der Waals surface area (Å²) in [5.41, 5.74) is 0.550. The third-order valence-electron chi connectivity index (χ3n) is 2.41. The van der Waals surface area contributed by atoms with Crippen LogP contribution in [0.25, 0.3) is 11.0 Å². The van der Waals surface area contributed by atoms with Crippen molar-refractivity contribution in [3.8, 4) is 0 Å². The van der Waals surface area contributed by atoms with Gasteiger partial charge in [0, 0.05) is 6.20 Å². The van der Waals surface area contributed by atoms with Crippen molar-refractivity contribution < 1.29 is 19.4 Å². The lowest BCUT2D eigenvalue weighted by molar-refractivity contribution is -0.137. The number of fused-ring (bicyclic) bond motifs is 1. The zero-order valence-corrected chi connectivity index (χ0v) is 9.88. The fourth-order valence-electron chi connectivity index (χ4n) is 1.70. The van der Waals surface area contributed by atoms with E-state index in [0.717, 1.165) is 0 Å². The number of rotatable bonds is 3. The minimum absolute atomic E-state index is 0.143. The number of aryl methyl sites for hydroxylation is 1. The fourth-order valence-corrected chi connectivity index (χ4v) is 1.70. The molecule has 0 fully saturated rings. The van der Waals surface area contributed by atoms with Gasteiger partial charge in [-0.1, -0.05) is 0 Å². The number of esters is 1. The maximum absolute atomic E-state index is 11.6. The molecular weight excluding hydrogens is 238 g/mol. The van der Waals surface area contributed by atoms with Crippen molar-refractivity contribution >= 4 is 23.0 Å². The highest BCUT2D eigenvalue weighted by Gasteiger charge is 2.17. The average molecular weight is 249 g/mol. The van der Waals surface area contributed by atoms with Crippen LogP contribution in [0.4, 0.5) is 0 Å². The number of nitrogens with zero attached hydrogens (tertiary/aromatic N) is 3. The zero-order chi connectivity index (χ0) is 13.3. The van der Waals surface area contributed by atoms with Crippen LogP contribution >= 0.6 is 0 Å². The second-order valence-corrected chi connectivity index (χ2v) is 3.69. The smallest absolute Gasteiger partial charge is 0.357 e. The van der Waals surface area contributed by atoms with Gasteiger partial charge in [-0.2, -0.15) is 0 Å². The zero-order valence-electron chi connectivity index (χ0n) is 9.88. The molecule has 0 aromatic carbocycles. The number of carbonyl (C=O) groups excluding carboxylic acids is 1. The van der Waals surface area contributed by atoms with Crippen molar-refractivity contribution in [2.24, 2.45) is 0 Å². The molecule has 0 saturated heterocycles. The third kappa shape index (κ3) is 2.02. The highest BCUT2D eigenvalue weighted by atomic mass is 16.5. The number of aliphatic carboxylic acids is 1. The minimum Gasteiger partial charge on any atom is -0.480 e. The molecule has 0 aliphatic rings. The summed E-state index contributed by atoms with van der Waals surface area (Å²) in [6.07, 6.45) is 1.55. The summed E-state index contributed by atoms with van der Waals surface area (Å²) in [4.78, 5) is 30.5. The molecule has 0 radical (unpaired) electrons. The summed E-state index contributed by atoms with van der Waals surface area (Å²) in [5, 5.41) is 9.26. The topological polar surface area (TPSA) is 94.3 Å². The Kier molecular flexibility index (Phi) is 2.97. The number of hydrogen-bond acceptors (Lipinski definition) is 5. The van der Waals surface area contributed by atoms with Gasteiger partial charge < -0.3 is 14.4 Å². The molecule has 94 valence electrons. The lowest BCUT2D eigenvalue weighted by atomic mass is 10.3. The predicted molar refractivity (Wildman–Crippen MR) is 61.2 cm³/mol. The molecule has 0 spiro atoms. The second kappa shape index (κ2) is 4.44. The van der Waals surface area contributed by atoms with Crippen molar-refractivity contribution in [1.29, 1.82) is 0 Å². The van der Waals surface area contributed by atoms with Crippen LogP contribution in [0.1, 0.15) is 16.3 Å². The van der Waals surface area contributed by atoms with Gasteiger partial charge in [-0.15, -0.1) is 0 Å². The van der Waals surface area contributed by atoms with E-state index in [2.05, 4.69) is 14.7 Å². The molecule has 0 saturated carbocycles. The molecule has 0 bridgehead atoms. The van der Waals surface area contributed by atoms with Gasteiger partial charge in [-0.05, 0) is 13.0 Å². The Morgan fingerprint density at radius 3 is 2.78 bits per heavy atom. The molecule has 0 aliphatic heterocycles. The summed E-state index contributed by atoms with van der Waals surface area (Å²) in [6, 6.07) is 1.60. The summed E-state index contributed by atoms with van der Waals surface area (Å²) in [6.45, 7) is 1.41. The molecular formula is C11H11N3O4. The normalized spacial score (nSPS) is 10.6. The first-order valence-electron chi connectivity index (χ1n) is 5.16. The molecule has 7 nitrogen and oxygen atoms in total. The van der Waals surface area contributed by atoms with Crippen molar-refractivity contribution in [1.82, 2.24) is 14.5 Å². The van der Waals surface area contributed by atoms with E-state index < -0.39 is 11.9 Å². The number of carboxylic acids is 1. The van der Waals surface area contributed by atoms with Gasteiger partial charge in [0.1, 0.15) is 18.0 Å². The summed E-state index contributed by atoms with van der Waals surface area (Å²) in [5.74, 6) is -1.17. The first-order valence-corrected chi connectivity index (χ1v) is 5.16. The van der Waals surface area contributed by atoms with Gasteiger partial charge in [-0.3, -0.25) is 4.79 Å². The molecule has 0 aliphatic carbocycles. The maximum Gasteiger partial charge on any atom is 0.357 e. The van der Waals surface area contributed by atoms with E-state index >= 15 is 0 Å². The lowest BCUT2D eigenvalue weighted by Crippen LogP contribution is -2.11. The largest absolute Gasteiger partial charge is 0.480 e. The number of carbonyl (C=O) groups is 2. The van der Waals surface area contributed by atoms with E-state index in [9.17, 15) is 9.59 Å². The third-order valence-corrected chi connectivity index (χ3v) is 2.41. The van der Waals surface area contributed by atoms with Gasteiger partial charge >= 0.3 is 11.9 Å². The lowest BCUT2D eigenvalue weighted by Gasteiger charge is -2.04. The van der Waals surface area contributed by atoms with Crippen LogP contribution in [0.3, 0.4) is 0 Å². The summed E-state index contributed by atoms with van der Waals surface area (Å²) >= 11 is 0. The number of carboxylic acid groups (broad SMARTS) is 1. The molecule has 2 aromatic heterocycles. The molecule has 7 heteroatoms. The van der Waals surface area contributed by atoms with Crippen LogP contribution in [0.15, 0.2) is 12.3 Å². The molecule has 2 aromatic rings. The van der Waals surface area contributed by atoms with E-state index in [0.29, 0.717) is 16.9 Å². The Labute approximate surface area is 102 Å². The Morgan fingerprint density at radius 2 is 2.17 bits per heavy atom. The quantitative estimate of drug-likeness (QED) is 0.801. The molecule has 18 heavy (non-hydrogen) atoms. The van der Waals surface area contributed by atoms with E-state index in [1.807, 2.05) is 0 Å². The van der Waals surface area contributed by atoms with E-state index in [1.54, 1.807) is 19.2 Å². The Bertz CT molecular complexity index is 632. The van der Waals surface area contributed by atoms with E-state index in [1.165, 1.54) is 11.7 Å². The first-order chi connectivity index (χ1) is 8.52. The molecule has 0 atom stereocenters. The SMILES string of the molecule is COC(=O)c1nc(C)nc2c1ccn2CC(=O)O. The van der Waals surface area contributed by atoms with Crippen LogP contribution in [-0.4, -0.2) is 38.7 Å². The van der Waals surface area contributed by atoms with E-state index in [-0.39, 0.29) is 12.2 Å². The molecule has 2 rings (SSSR count). The Morgan fingerprint density at radius 1 is 1.44 bits per heavy atom. The maximum atomic E-state index is 11.6. The van der Waals surface area contributed by atoms with Crippen molar-refractivity contribution in [3.63, 3.8) is 0 Å². The number of ether oxygens (including phenoxy) is 1. The van der Waals surface area contributed by atoms with Crippen LogP contribution < -0.4 is 0 Å². The second-order valence-electron chi connectivity index (χ2n) is 3.69.